The molecule has 0 atom stereocenters. The van der Waals surface area contributed by atoms with Gasteiger partial charge in [-0.1, -0.05) is 31.2 Å². The van der Waals surface area contributed by atoms with E-state index in [-0.39, 0.29) is 0 Å². The molecule has 0 aliphatic carbocycles. The third-order valence-electron chi connectivity index (χ3n) is 2.70. The summed E-state index contributed by atoms with van der Waals surface area (Å²) in [5, 5.41) is 1.41. The molecule has 1 aromatic heterocycles. The summed E-state index contributed by atoms with van der Waals surface area (Å²) in [5.74, 6) is 0. The van der Waals surface area contributed by atoms with Gasteiger partial charge in [0.15, 0.2) is 0 Å². The zero-order valence-electron chi connectivity index (χ0n) is 9.50. The topological polar surface area (TPSA) is 0 Å². The van der Waals surface area contributed by atoms with Crippen molar-refractivity contribution in [2.24, 2.45) is 0 Å². The Hall–Kier alpha value is -1.08. The molecule has 0 spiro atoms. The SMILES string of the molecule is CC/C=C\c1sc2c(C)cccc2c1C. The van der Waals surface area contributed by atoms with Crippen molar-refractivity contribution < 1.29 is 0 Å². The largest absolute Gasteiger partial charge is 0.135 e. The van der Waals surface area contributed by atoms with Crippen LogP contribution >= 0.6 is 11.3 Å². The Bertz CT molecular complexity index is 503. The second-order valence-corrected chi connectivity index (χ2v) is 4.91. The quantitative estimate of drug-likeness (QED) is 0.667. The van der Waals surface area contributed by atoms with Crippen molar-refractivity contribution in [1.29, 1.82) is 0 Å². The first-order chi connectivity index (χ1) is 7.24. The summed E-state index contributed by atoms with van der Waals surface area (Å²) in [6.45, 7) is 6.57. The number of thiophene rings is 1. The molecule has 1 heterocycles. The Morgan fingerprint density at radius 2 is 2.07 bits per heavy atom. The second-order valence-electron chi connectivity index (χ2n) is 3.85. The lowest BCUT2D eigenvalue weighted by Crippen LogP contribution is -1.73. The van der Waals surface area contributed by atoms with E-state index in [2.05, 4.69) is 51.1 Å². The number of benzene rings is 1. The van der Waals surface area contributed by atoms with Gasteiger partial charge in [0.2, 0.25) is 0 Å². The van der Waals surface area contributed by atoms with E-state index < -0.39 is 0 Å². The van der Waals surface area contributed by atoms with Crippen LogP contribution in [0.15, 0.2) is 24.3 Å². The number of allylic oxidation sites excluding steroid dienone is 1. The van der Waals surface area contributed by atoms with Gasteiger partial charge in [0.05, 0.1) is 0 Å². The van der Waals surface area contributed by atoms with E-state index in [0.29, 0.717) is 0 Å². The fourth-order valence-corrected chi connectivity index (χ4v) is 2.99. The van der Waals surface area contributed by atoms with Crippen LogP contribution in [-0.4, -0.2) is 0 Å². The maximum absolute atomic E-state index is 2.25. The van der Waals surface area contributed by atoms with E-state index in [1.807, 2.05) is 11.3 Å². The normalized spacial score (nSPS) is 11.7. The maximum Gasteiger partial charge on any atom is 0.0381 e. The van der Waals surface area contributed by atoms with Crippen molar-refractivity contribution in [3.05, 3.63) is 40.3 Å². The van der Waals surface area contributed by atoms with Gasteiger partial charge in [-0.2, -0.15) is 0 Å². The van der Waals surface area contributed by atoms with E-state index >= 15 is 0 Å². The lowest BCUT2D eigenvalue weighted by molar-refractivity contribution is 1.23. The minimum Gasteiger partial charge on any atom is -0.135 e. The first-order valence-corrected chi connectivity index (χ1v) is 6.21. The number of rotatable bonds is 2. The summed E-state index contributed by atoms with van der Waals surface area (Å²) in [5.41, 5.74) is 2.81. The zero-order chi connectivity index (χ0) is 10.8. The molecular weight excluding hydrogens is 200 g/mol. The highest BCUT2D eigenvalue weighted by Gasteiger charge is 2.06. The van der Waals surface area contributed by atoms with Gasteiger partial charge in [-0.15, -0.1) is 11.3 Å². The summed E-state index contributed by atoms with van der Waals surface area (Å²) < 4.78 is 1.44. The maximum atomic E-state index is 2.25. The van der Waals surface area contributed by atoms with E-state index in [0.717, 1.165) is 6.42 Å². The molecule has 0 fully saturated rings. The third-order valence-corrected chi connectivity index (χ3v) is 4.11. The molecule has 0 bridgehead atoms. The Labute approximate surface area is 95.3 Å². The molecule has 1 aromatic carbocycles. The van der Waals surface area contributed by atoms with Crippen LogP contribution in [-0.2, 0) is 0 Å². The predicted molar refractivity (Wildman–Crippen MR) is 70.6 cm³/mol. The lowest BCUT2D eigenvalue weighted by Gasteiger charge is -1.94. The summed E-state index contributed by atoms with van der Waals surface area (Å²) in [7, 11) is 0. The highest BCUT2D eigenvalue weighted by molar-refractivity contribution is 7.20. The molecule has 1 heteroatoms. The number of hydrogen-bond acceptors (Lipinski definition) is 1. The Balaban J connectivity index is 2.64. The minimum atomic E-state index is 1.10. The zero-order valence-corrected chi connectivity index (χ0v) is 10.3. The van der Waals surface area contributed by atoms with Crippen LogP contribution in [0.3, 0.4) is 0 Å². The molecule has 0 aliphatic rings. The molecule has 0 saturated carbocycles. The molecule has 0 radical (unpaired) electrons. The van der Waals surface area contributed by atoms with Gasteiger partial charge in [0.25, 0.3) is 0 Å². The van der Waals surface area contributed by atoms with Gasteiger partial charge in [0, 0.05) is 9.58 Å². The molecule has 0 unspecified atom stereocenters. The molecular formula is C14H16S. The number of aryl methyl sites for hydroxylation is 2. The van der Waals surface area contributed by atoms with E-state index in [9.17, 15) is 0 Å². The van der Waals surface area contributed by atoms with Crippen LogP contribution in [0, 0.1) is 13.8 Å². The summed E-state index contributed by atoms with van der Waals surface area (Å²) in [6.07, 6.45) is 5.58. The van der Waals surface area contributed by atoms with E-state index in [4.69, 9.17) is 0 Å². The monoisotopic (exact) mass is 216 g/mol. The van der Waals surface area contributed by atoms with Gasteiger partial charge < -0.3 is 0 Å². The third kappa shape index (κ3) is 1.84. The number of fused-ring (bicyclic) bond motifs is 1. The van der Waals surface area contributed by atoms with Gasteiger partial charge in [-0.05, 0) is 42.9 Å². The van der Waals surface area contributed by atoms with Crippen LogP contribution in [0.5, 0.6) is 0 Å². The predicted octanol–water partition coefficient (Wildman–Crippen LogP) is 4.94. The molecule has 15 heavy (non-hydrogen) atoms. The van der Waals surface area contributed by atoms with Crippen LogP contribution in [0.2, 0.25) is 0 Å². The molecule has 0 amide bonds. The Morgan fingerprint density at radius 3 is 2.73 bits per heavy atom. The van der Waals surface area contributed by atoms with Crippen LogP contribution in [0.4, 0.5) is 0 Å². The van der Waals surface area contributed by atoms with Gasteiger partial charge >= 0.3 is 0 Å². The van der Waals surface area contributed by atoms with Crippen LogP contribution < -0.4 is 0 Å². The van der Waals surface area contributed by atoms with Crippen LogP contribution in [0.25, 0.3) is 16.2 Å². The van der Waals surface area contributed by atoms with Gasteiger partial charge in [-0.3, -0.25) is 0 Å². The van der Waals surface area contributed by atoms with Crippen molar-refractivity contribution in [3.63, 3.8) is 0 Å². The van der Waals surface area contributed by atoms with Crippen molar-refractivity contribution in [3.8, 4) is 0 Å². The van der Waals surface area contributed by atoms with Crippen molar-refractivity contribution in [1.82, 2.24) is 0 Å². The van der Waals surface area contributed by atoms with Crippen molar-refractivity contribution in [2.75, 3.05) is 0 Å². The van der Waals surface area contributed by atoms with Crippen LogP contribution in [0.1, 0.15) is 29.3 Å². The van der Waals surface area contributed by atoms with Gasteiger partial charge in [0.1, 0.15) is 0 Å². The van der Waals surface area contributed by atoms with E-state index in [1.54, 1.807) is 0 Å². The highest BCUT2D eigenvalue weighted by atomic mass is 32.1. The molecule has 0 nitrogen and oxygen atoms in total. The fraction of sp³-hybridized carbons (Fsp3) is 0.286. The first kappa shape index (κ1) is 10.4. The molecule has 78 valence electrons. The molecule has 0 aliphatic heterocycles. The smallest absolute Gasteiger partial charge is 0.0381 e. The Kier molecular flexibility index (Phi) is 2.92. The summed E-state index contributed by atoms with van der Waals surface area (Å²) >= 11 is 1.90. The average Bonchev–Trinajstić information content (AvgIpc) is 2.55. The fourth-order valence-electron chi connectivity index (χ4n) is 1.79. The van der Waals surface area contributed by atoms with E-state index in [1.165, 1.54) is 26.1 Å². The van der Waals surface area contributed by atoms with Crippen molar-refractivity contribution >= 4 is 27.5 Å². The Morgan fingerprint density at radius 1 is 1.27 bits per heavy atom. The standard InChI is InChI=1S/C14H16S/c1-4-5-9-13-11(3)12-8-6-7-10(2)14(12)15-13/h5-9H,4H2,1-3H3/b9-5-. The second kappa shape index (κ2) is 4.19. The lowest BCUT2D eigenvalue weighted by atomic mass is 10.1. The number of hydrogen-bond donors (Lipinski definition) is 0. The molecule has 2 aromatic rings. The summed E-state index contributed by atoms with van der Waals surface area (Å²) in [6, 6.07) is 6.55. The first-order valence-electron chi connectivity index (χ1n) is 5.39. The molecule has 0 saturated heterocycles. The van der Waals surface area contributed by atoms with Crippen molar-refractivity contribution in [2.45, 2.75) is 27.2 Å². The summed E-state index contributed by atoms with van der Waals surface area (Å²) in [4.78, 5) is 1.40. The average molecular weight is 216 g/mol. The van der Waals surface area contributed by atoms with Gasteiger partial charge in [-0.25, -0.2) is 0 Å². The highest BCUT2D eigenvalue weighted by Crippen LogP contribution is 2.33. The molecule has 0 N–H and O–H groups in total. The molecule has 2 rings (SSSR count). The minimum absolute atomic E-state index is 1.10.